The fourth-order valence-corrected chi connectivity index (χ4v) is 3.86. The third-order valence-corrected chi connectivity index (χ3v) is 4.78. The van der Waals surface area contributed by atoms with Crippen LogP contribution < -0.4 is 0 Å². The van der Waals surface area contributed by atoms with Crippen molar-refractivity contribution >= 4 is 5.78 Å². The summed E-state index contributed by atoms with van der Waals surface area (Å²) >= 11 is 0. The minimum Gasteiger partial charge on any atom is -0.300 e. The minimum atomic E-state index is 0.491. The Balaban J connectivity index is 1.58. The molecule has 0 aromatic carbocycles. The number of carbonyl (C=O) groups excluding carboxylic acids is 1. The Bertz CT molecular complexity index is 241. The van der Waals surface area contributed by atoms with Crippen LogP contribution in [0.15, 0.2) is 0 Å². The number of hydrogen-bond donors (Lipinski definition) is 0. The van der Waals surface area contributed by atoms with Crippen LogP contribution in [-0.4, -0.2) is 29.8 Å². The van der Waals surface area contributed by atoms with Gasteiger partial charge in [-0.1, -0.05) is 6.42 Å². The van der Waals surface area contributed by atoms with Crippen LogP contribution in [0.3, 0.4) is 0 Å². The predicted octanol–water partition coefficient (Wildman–Crippen LogP) is 2.23. The highest BCUT2D eigenvalue weighted by molar-refractivity contribution is 5.79. The van der Waals surface area contributed by atoms with Crippen LogP contribution in [0, 0.1) is 11.8 Å². The molecule has 2 nitrogen and oxygen atoms in total. The Labute approximate surface area is 92.0 Å². The van der Waals surface area contributed by atoms with Crippen molar-refractivity contribution in [2.75, 3.05) is 13.1 Å². The Hall–Kier alpha value is -0.370. The van der Waals surface area contributed by atoms with Gasteiger partial charge < -0.3 is 0 Å². The fraction of sp³-hybridized carbons (Fsp3) is 0.923. The quantitative estimate of drug-likeness (QED) is 0.657. The van der Waals surface area contributed by atoms with Gasteiger partial charge in [-0.15, -0.1) is 0 Å². The first kappa shape index (κ1) is 9.83. The van der Waals surface area contributed by atoms with Gasteiger partial charge in [0.2, 0.25) is 0 Å². The van der Waals surface area contributed by atoms with Crippen molar-refractivity contribution in [1.29, 1.82) is 0 Å². The average Bonchev–Trinajstić information content (AvgIpc) is 2.78. The molecular formula is C13H21NO. The lowest BCUT2D eigenvalue weighted by molar-refractivity contribution is -0.121. The molecule has 2 heteroatoms. The maximum atomic E-state index is 11.2. The van der Waals surface area contributed by atoms with E-state index in [1.54, 1.807) is 0 Å². The van der Waals surface area contributed by atoms with Crippen LogP contribution in [0.2, 0.25) is 0 Å². The molecule has 15 heavy (non-hydrogen) atoms. The standard InChI is InChI=1S/C13H21NO/c15-13-6-4-12(5-7-13)14-8-10-2-1-3-11(10)9-14/h10-12H,1-9H2. The smallest absolute Gasteiger partial charge is 0.133 e. The highest BCUT2D eigenvalue weighted by Gasteiger charge is 2.39. The molecule has 2 aliphatic carbocycles. The first-order chi connectivity index (χ1) is 7.33. The molecule has 2 atom stereocenters. The van der Waals surface area contributed by atoms with Crippen molar-refractivity contribution in [3.05, 3.63) is 0 Å². The van der Waals surface area contributed by atoms with Gasteiger partial charge in [0, 0.05) is 32.0 Å². The Morgan fingerprint density at radius 3 is 2.13 bits per heavy atom. The number of hydrogen-bond acceptors (Lipinski definition) is 2. The van der Waals surface area contributed by atoms with E-state index in [9.17, 15) is 4.79 Å². The summed E-state index contributed by atoms with van der Waals surface area (Å²) < 4.78 is 0. The number of likely N-dealkylation sites (tertiary alicyclic amines) is 1. The van der Waals surface area contributed by atoms with Crippen LogP contribution in [0.5, 0.6) is 0 Å². The van der Waals surface area contributed by atoms with Crippen molar-refractivity contribution in [2.45, 2.75) is 51.0 Å². The van der Waals surface area contributed by atoms with Gasteiger partial charge in [-0.2, -0.15) is 0 Å². The van der Waals surface area contributed by atoms with Gasteiger partial charge in [0.15, 0.2) is 0 Å². The van der Waals surface area contributed by atoms with E-state index in [0.29, 0.717) is 5.78 Å². The SMILES string of the molecule is O=C1CCC(N2CC3CCCC3C2)CC1. The lowest BCUT2D eigenvalue weighted by Crippen LogP contribution is -2.37. The fourth-order valence-electron chi connectivity index (χ4n) is 3.86. The molecule has 0 aromatic rings. The molecule has 0 spiro atoms. The summed E-state index contributed by atoms with van der Waals surface area (Å²) in [5, 5.41) is 0. The van der Waals surface area contributed by atoms with E-state index in [0.717, 1.165) is 43.6 Å². The molecule has 0 bridgehead atoms. The van der Waals surface area contributed by atoms with E-state index < -0.39 is 0 Å². The number of carbonyl (C=O) groups is 1. The second kappa shape index (κ2) is 3.89. The van der Waals surface area contributed by atoms with Crippen molar-refractivity contribution in [1.82, 2.24) is 4.90 Å². The molecule has 1 aliphatic heterocycles. The van der Waals surface area contributed by atoms with Crippen LogP contribution in [0.1, 0.15) is 44.9 Å². The Kier molecular flexibility index (Phi) is 2.55. The summed E-state index contributed by atoms with van der Waals surface area (Å²) in [6.07, 6.45) is 8.36. The van der Waals surface area contributed by atoms with Gasteiger partial charge in [-0.3, -0.25) is 9.69 Å². The van der Waals surface area contributed by atoms with E-state index in [-0.39, 0.29) is 0 Å². The second-order valence-corrected chi connectivity index (χ2v) is 5.67. The molecule has 0 radical (unpaired) electrons. The highest BCUT2D eigenvalue weighted by Crippen LogP contribution is 2.39. The van der Waals surface area contributed by atoms with Crippen LogP contribution >= 0.6 is 0 Å². The van der Waals surface area contributed by atoms with Gasteiger partial charge in [-0.25, -0.2) is 0 Å². The molecule has 3 fully saturated rings. The summed E-state index contributed by atoms with van der Waals surface area (Å²) in [5.41, 5.74) is 0. The molecule has 3 aliphatic rings. The molecule has 3 rings (SSSR count). The van der Waals surface area contributed by atoms with E-state index in [2.05, 4.69) is 4.90 Å². The molecule has 0 N–H and O–H groups in total. The van der Waals surface area contributed by atoms with Crippen molar-refractivity contribution in [3.63, 3.8) is 0 Å². The molecule has 2 unspecified atom stereocenters. The monoisotopic (exact) mass is 207 g/mol. The highest BCUT2D eigenvalue weighted by atomic mass is 16.1. The third kappa shape index (κ3) is 1.84. The predicted molar refractivity (Wildman–Crippen MR) is 59.7 cm³/mol. The topological polar surface area (TPSA) is 20.3 Å². The molecule has 0 amide bonds. The zero-order valence-electron chi connectivity index (χ0n) is 9.45. The van der Waals surface area contributed by atoms with Gasteiger partial charge in [0.1, 0.15) is 5.78 Å². The van der Waals surface area contributed by atoms with Crippen molar-refractivity contribution in [2.24, 2.45) is 11.8 Å². The number of ketones is 1. The summed E-state index contributed by atoms with van der Waals surface area (Å²) in [4.78, 5) is 13.9. The molecule has 1 heterocycles. The average molecular weight is 207 g/mol. The number of rotatable bonds is 1. The molecule has 0 aromatic heterocycles. The van der Waals surface area contributed by atoms with Gasteiger partial charge in [0.05, 0.1) is 0 Å². The zero-order valence-corrected chi connectivity index (χ0v) is 9.45. The molecule has 1 saturated heterocycles. The Morgan fingerprint density at radius 2 is 1.53 bits per heavy atom. The summed E-state index contributed by atoms with van der Waals surface area (Å²) in [6, 6.07) is 0.744. The van der Waals surface area contributed by atoms with Gasteiger partial charge in [0.25, 0.3) is 0 Å². The zero-order chi connectivity index (χ0) is 10.3. The van der Waals surface area contributed by atoms with E-state index in [1.165, 1.54) is 32.4 Å². The first-order valence-corrected chi connectivity index (χ1v) is 6.58. The lowest BCUT2D eigenvalue weighted by atomic mass is 9.93. The number of nitrogens with zero attached hydrogens (tertiary/aromatic N) is 1. The number of Topliss-reactive ketones (excluding diaryl/α,β-unsaturated/α-hetero) is 1. The van der Waals surface area contributed by atoms with Gasteiger partial charge in [-0.05, 0) is 37.5 Å². The Morgan fingerprint density at radius 1 is 0.933 bits per heavy atom. The second-order valence-electron chi connectivity index (χ2n) is 5.67. The number of fused-ring (bicyclic) bond motifs is 1. The maximum Gasteiger partial charge on any atom is 0.133 e. The van der Waals surface area contributed by atoms with Crippen LogP contribution in [0.4, 0.5) is 0 Å². The molecule has 84 valence electrons. The van der Waals surface area contributed by atoms with E-state index in [1.807, 2.05) is 0 Å². The normalized spacial score (nSPS) is 38.5. The summed E-state index contributed by atoms with van der Waals surface area (Å²) in [5.74, 6) is 2.50. The van der Waals surface area contributed by atoms with Gasteiger partial charge >= 0.3 is 0 Å². The van der Waals surface area contributed by atoms with E-state index in [4.69, 9.17) is 0 Å². The summed E-state index contributed by atoms with van der Waals surface area (Å²) in [6.45, 7) is 2.67. The third-order valence-electron chi connectivity index (χ3n) is 4.78. The molecule has 2 saturated carbocycles. The van der Waals surface area contributed by atoms with E-state index >= 15 is 0 Å². The van der Waals surface area contributed by atoms with Crippen LogP contribution in [-0.2, 0) is 4.79 Å². The lowest BCUT2D eigenvalue weighted by Gasteiger charge is -2.31. The van der Waals surface area contributed by atoms with Crippen molar-refractivity contribution < 1.29 is 4.79 Å². The van der Waals surface area contributed by atoms with Crippen molar-refractivity contribution in [3.8, 4) is 0 Å². The molecular weight excluding hydrogens is 186 g/mol. The van der Waals surface area contributed by atoms with Crippen LogP contribution in [0.25, 0.3) is 0 Å². The summed E-state index contributed by atoms with van der Waals surface area (Å²) in [7, 11) is 0. The largest absolute Gasteiger partial charge is 0.300 e. The maximum absolute atomic E-state index is 11.2. The first-order valence-electron chi connectivity index (χ1n) is 6.58. The minimum absolute atomic E-state index is 0.491.